The summed E-state index contributed by atoms with van der Waals surface area (Å²) in [5, 5.41) is 20.0. The molecule has 2 atom stereocenters. The normalized spacial score (nSPS) is 21.9. The first-order chi connectivity index (χ1) is 18.7. The van der Waals surface area contributed by atoms with Gasteiger partial charge in [0.1, 0.15) is 12.0 Å². The summed E-state index contributed by atoms with van der Waals surface area (Å²) in [5.41, 5.74) is 2.99. The van der Waals surface area contributed by atoms with Crippen molar-refractivity contribution in [3.05, 3.63) is 64.2 Å². The summed E-state index contributed by atoms with van der Waals surface area (Å²) < 4.78 is 5.65. The van der Waals surface area contributed by atoms with Crippen LogP contribution in [0.15, 0.2) is 42.5 Å². The third-order valence-corrected chi connectivity index (χ3v) is 8.26. The Morgan fingerprint density at radius 2 is 1.87 bits per heavy atom. The van der Waals surface area contributed by atoms with Gasteiger partial charge in [-0.15, -0.1) is 0 Å². The van der Waals surface area contributed by atoms with Crippen LogP contribution in [0.4, 0.5) is 0 Å². The molecule has 2 aromatic rings. The number of carboxylic acids is 1. The van der Waals surface area contributed by atoms with Crippen LogP contribution >= 0.6 is 11.6 Å². The summed E-state index contributed by atoms with van der Waals surface area (Å²) in [7, 11) is 1.62. The van der Waals surface area contributed by atoms with Gasteiger partial charge in [0.15, 0.2) is 0 Å². The molecule has 2 aliphatic rings. The first-order valence-corrected chi connectivity index (χ1v) is 14.0. The number of ether oxygens (including phenoxy) is 1. The number of halogens is 1. The van der Waals surface area contributed by atoms with Crippen molar-refractivity contribution < 1.29 is 24.5 Å². The minimum absolute atomic E-state index is 0.0783. The van der Waals surface area contributed by atoms with Crippen molar-refractivity contribution in [2.75, 3.05) is 20.2 Å². The van der Waals surface area contributed by atoms with Crippen molar-refractivity contribution in [3.63, 3.8) is 0 Å². The zero-order valence-electron chi connectivity index (χ0n) is 22.6. The Morgan fingerprint density at radius 3 is 2.49 bits per heavy atom. The number of amides is 1. The molecular weight excluding hydrogens is 516 g/mol. The van der Waals surface area contributed by atoms with Crippen LogP contribution in [0.5, 0.6) is 5.75 Å². The van der Waals surface area contributed by atoms with E-state index in [2.05, 4.69) is 35.8 Å². The zero-order valence-corrected chi connectivity index (χ0v) is 23.4. The van der Waals surface area contributed by atoms with E-state index in [1.807, 2.05) is 30.3 Å². The van der Waals surface area contributed by atoms with Crippen LogP contribution < -0.4 is 4.74 Å². The third-order valence-electron chi connectivity index (χ3n) is 8.01. The summed E-state index contributed by atoms with van der Waals surface area (Å²) >= 11 is 6.14. The Balaban J connectivity index is 1.49. The standard InChI is InChI=1S/C31H37ClN2O5/c1-21(24-11-13-27(32)14-12-24)33(19-22-5-9-26(10-6-22)31(37)38)20-23-7-8-25(28(18-23)39-2)4-3-17-34-29(35)15-16-30(34)36/h7-8,11-14,18,21-22,26,29,35H,5-6,9-10,15-17,19-20H2,1-2H3,(H,37,38)/t21-,22?,26?,29?/m0/s1. The fraction of sp³-hybridized carbons (Fsp3) is 0.484. The van der Waals surface area contributed by atoms with E-state index in [-0.39, 0.29) is 24.4 Å². The van der Waals surface area contributed by atoms with E-state index >= 15 is 0 Å². The minimum Gasteiger partial charge on any atom is -0.495 e. The van der Waals surface area contributed by atoms with E-state index in [1.54, 1.807) is 7.11 Å². The summed E-state index contributed by atoms with van der Waals surface area (Å²) in [6, 6.07) is 14.1. The number of hydrogen-bond acceptors (Lipinski definition) is 5. The second kappa shape index (κ2) is 13.3. The van der Waals surface area contributed by atoms with Crippen LogP contribution in [-0.2, 0) is 16.1 Å². The van der Waals surface area contributed by atoms with Crippen molar-refractivity contribution in [2.24, 2.45) is 11.8 Å². The number of carboxylic acid groups (broad SMARTS) is 1. The van der Waals surface area contributed by atoms with Gasteiger partial charge in [0.2, 0.25) is 5.91 Å². The number of benzene rings is 2. The van der Waals surface area contributed by atoms with Gasteiger partial charge in [-0.1, -0.05) is 41.6 Å². The fourth-order valence-corrected chi connectivity index (χ4v) is 5.66. The average molecular weight is 553 g/mol. The van der Waals surface area contributed by atoms with Crippen LogP contribution in [0.3, 0.4) is 0 Å². The molecular formula is C31H37ClN2O5. The highest BCUT2D eigenvalue weighted by Gasteiger charge is 2.29. The lowest BCUT2D eigenvalue weighted by molar-refractivity contribution is -0.143. The third kappa shape index (κ3) is 7.54. The van der Waals surface area contributed by atoms with Gasteiger partial charge in [-0.2, -0.15) is 0 Å². The molecule has 208 valence electrons. The number of nitrogens with zero attached hydrogens (tertiary/aromatic N) is 2. The number of aliphatic carboxylic acids is 1. The number of carbonyl (C=O) groups is 2. The molecule has 4 rings (SSSR count). The molecule has 0 aromatic heterocycles. The number of hydrogen-bond donors (Lipinski definition) is 2. The lowest BCUT2D eigenvalue weighted by atomic mass is 9.81. The van der Waals surface area contributed by atoms with E-state index in [1.165, 1.54) is 10.5 Å². The molecule has 1 saturated carbocycles. The first-order valence-electron chi connectivity index (χ1n) is 13.6. The number of methoxy groups -OCH3 is 1. The number of rotatable bonds is 9. The molecule has 2 fully saturated rings. The van der Waals surface area contributed by atoms with Gasteiger partial charge in [0.25, 0.3) is 0 Å². The summed E-state index contributed by atoms with van der Waals surface area (Å²) in [4.78, 5) is 27.2. The van der Waals surface area contributed by atoms with Gasteiger partial charge >= 0.3 is 5.97 Å². The predicted molar refractivity (Wildman–Crippen MR) is 150 cm³/mol. The highest BCUT2D eigenvalue weighted by molar-refractivity contribution is 6.30. The summed E-state index contributed by atoms with van der Waals surface area (Å²) in [6.45, 7) is 3.94. The van der Waals surface area contributed by atoms with Crippen molar-refractivity contribution in [1.82, 2.24) is 9.80 Å². The average Bonchev–Trinajstić information content (AvgIpc) is 3.26. The SMILES string of the molecule is COc1cc(CN(CC2CCC(C(=O)O)CC2)[C@@H](C)c2ccc(Cl)cc2)ccc1C#CCN1C(=O)CCC1O. The van der Waals surface area contributed by atoms with E-state index in [4.69, 9.17) is 16.3 Å². The van der Waals surface area contributed by atoms with E-state index in [9.17, 15) is 19.8 Å². The van der Waals surface area contributed by atoms with Crippen molar-refractivity contribution in [1.29, 1.82) is 0 Å². The Labute approximate surface area is 235 Å². The van der Waals surface area contributed by atoms with Gasteiger partial charge in [-0.3, -0.25) is 14.5 Å². The molecule has 1 aliphatic carbocycles. The first kappa shape index (κ1) is 28.9. The fourth-order valence-electron chi connectivity index (χ4n) is 5.54. The quantitative estimate of drug-likeness (QED) is 0.421. The van der Waals surface area contributed by atoms with Crippen LogP contribution in [0.1, 0.15) is 68.2 Å². The van der Waals surface area contributed by atoms with Gasteiger partial charge < -0.3 is 19.8 Å². The molecule has 1 saturated heterocycles. The Morgan fingerprint density at radius 1 is 1.15 bits per heavy atom. The molecule has 1 aliphatic heterocycles. The second-order valence-corrected chi connectivity index (χ2v) is 11.0. The Hall–Kier alpha value is -3.05. The smallest absolute Gasteiger partial charge is 0.306 e. The molecule has 0 spiro atoms. The molecule has 1 amide bonds. The lowest BCUT2D eigenvalue weighted by Gasteiger charge is -2.35. The largest absolute Gasteiger partial charge is 0.495 e. The highest BCUT2D eigenvalue weighted by Crippen LogP contribution is 2.33. The molecule has 7 nitrogen and oxygen atoms in total. The number of aliphatic hydroxyl groups excluding tert-OH is 1. The van der Waals surface area contributed by atoms with E-state index in [0.717, 1.165) is 43.4 Å². The molecule has 39 heavy (non-hydrogen) atoms. The number of aliphatic hydroxyl groups is 1. The van der Waals surface area contributed by atoms with Gasteiger partial charge in [-0.05, 0) is 73.9 Å². The minimum atomic E-state index is -0.760. The van der Waals surface area contributed by atoms with E-state index < -0.39 is 12.2 Å². The van der Waals surface area contributed by atoms with Crippen LogP contribution in [0.25, 0.3) is 0 Å². The van der Waals surface area contributed by atoms with Gasteiger partial charge in [0, 0.05) is 37.0 Å². The van der Waals surface area contributed by atoms with Crippen molar-refractivity contribution in [3.8, 4) is 17.6 Å². The van der Waals surface area contributed by atoms with Crippen LogP contribution in [-0.4, -0.2) is 58.3 Å². The molecule has 0 bridgehead atoms. The molecule has 2 N–H and O–H groups in total. The maximum absolute atomic E-state index is 11.9. The molecule has 0 radical (unpaired) electrons. The molecule has 1 heterocycles. The second-order valence-electron chi connectivity index (χ2n) is 10.6. The Kier molecular flexibility index (Phi) is 9.90. The number of likely N-dealkylation sites (tertiary alicyclic amines) is 1. The maximum Gasteiger partial charge on any atom is 0.306 e. The molecule has 8 heteroatoms. The molecule has 2 aromatic carbocycles. The highest BCUT2D eigenvalue weighted by atomic mass is 35.5. The monoisotopic (exact) mass is 552 g/mol. The summed E-state index contributed by atoms with van der Waals surface area (Å²) in [5.74, 6) is 6.20. The zero-order chi connectivity index (χ0) is 27.9. The molecule has 1 unspecified atom stereocenters. The number of carbonyl (C=O) groups excluding carboxylic acids is 1. The lowest BCUT2D eigenvalue weighted by Crippen LogP contribution is -2.34. The van der Waals surface area contributed by atoms with Gasteiger partial charge in [0.05, 0.1) is 25.1 Å². The Bertz CT molecular complexity index is 1210. The van der Waals surface area contributed by atoms with Crippen molar-refractivity contribution >= 4 is 23.5 Å². The van der Waals surface area contributed by atoms with Crippen LogP contribution in [0.2, 0.25) is 5.02 Å². The topological polar surface area (TPSA) is 90.3 Å². The van der Waals surface area contributed by atoms with Crippen molar-refractivity contribution in [2.45, 2.75) is 64.3 Å². The summed E-state index contributed by atoms with van der Waals surface area (Å²) in [6.07, 6.45) is 3.31. The maximum atomic E-state index is 11.9. The predicted octanol–water partition coefficient (Wildman–Crippen LogP) is 5.10. The van der Waals surface area contributed by atoms with Crippen LogP contribution in [0, 0.1) is 23.7 Å². The van der Waals surface area contributed by atoms with E-state index in [0.29, 0.717) is 36.1 Å². The van der Waals surface area contributed by atoms with Gasteiger partial charge in [-0.25, -0.2) is 0 Å².